The van der Waals surface area contributed by atoms with Crippen LogP contribution < -0.4 is 10.6 Å². The summed E-state index contributed by atoms with van der Waals surface area (Å²) in [5, 5.41) is 16.6. The molecule has 7 heteroatoms. The van der Waals surface area contributed by atoms with Crippen LogP contribution in [0.5, 0.6) is 0 Å². The molecule has 0 saturated carbocycles. The number of carbonyl (C=O) groups is 2. The number of rotatable bonds is 5. The van der Waals surface area contributed by atoms with Gasteiger partial charge in [-0.25, -0.2) is 14.6 Å². The number of hydrogen-bond acceptors (Lipinski definition) is 4. The van der Waals surface area contributed by atoms with E-state index in [1.165, 1.54) is 11.3 Å². The van der Waals surface area contributed by atoms with Crippen molar-refractivity contribution in [2.24, 2.45) is 0 Å². The molecule has 1 aromatic rings. The Kier molecular flexibility index (Phi) is 4.66. The predicted molar refractivity (Wildman–Crippen MR) is 68.5 cm³/mol. The van der Waals surface area contributed by atoms with Gasteiger partial charge in [-0.3, -0.25) is 0 Å². The number of carboxylic acid groups (broad SMARTS) is 1. The third kappa shape index (κ3) is 3.69. The maximum atomic E-state index is 11.7. The van der Waals surface area contributed by atoms with Gasteiger partial charge in [0.15, 0.2) is 0 Å². The second-order valence-corrected chi connectivity index (χ2v) is 5.25. The molecule has 0 bridgehead atoms. The molecule has 3 N–H and O–H groups in total. The van der Waals surface area contributed by atoms with E-state index in [1.54, 1.807) is 13.1 Å². The number of amides is 2. The molecular formula is C11H17N3O3S. The smallest absolute Gasteiger partial charge is 0.326 e. The fourth-order valence-corrected chi connectivity index (χ4v) is 2.12. The zero-order valence-electron chi connectivity index (χ0n) is 10.6. The minimum atomic E-state index is -1.04. The third-order valence-electron chi connectivity index (χ3n) is 2.40. The van der Waals surface area contributed by atoms with Gasteiger partial charge in [0.1, 0.15) is 11.0 Å². The Morgan fingerprint density at radius 1 is 1.56 bits per heavy atom. The van der Waals surface area contributed by atoms with Crippen LogP contribution in [0.2, 0.25) is 0 Å². The lowest BCUT2D eigenvalue weighted by atomic mass is 10.1. The van der Waals surface area contributed by atoms with Crippen molar-refractivity contribution in [3.63, 3.8) is 0 Å². The summed E-state index contributed by atoms with van der Waals surface area (Å²) in [5.41, 5.74) is -0.630. The Hall–Kier alpha value is -1.63. The molecule has 100 valence electrons. The van der Waals surface area contributed by atoms with Gasteiger partial charge >= 0.3 is 12.0 Å². The number of urea groups is 1. The number of aromatic nitrogens is 1. The summed E-state index contributed by atoms with van der Waals surface area (Å²) in [7, 11) is 0. The molecule has 0 aliphatic rings. The van der Waals surface area contributed by atoms with Crippen molar-refractivity contribution in [2.75, 3.05) is 0 Å². The lowest BCUT2D eigenvalue weighted by molar-refractivity contribution is -0.139. The predicted octanol–water partition coefficient (Wildman–Crippen LogP) is 1.54. The first-order valence-corrected chi connectivity index (χ1v) is 6.46. The van der Waals surface area contributed by atoms with Crippen molar-refractivity contribution < 1.29 is 14.7 Å². The highest BCUT2D eigenvalue weighted by Crippen LogP contribution is 2.21. The minimum Gasteiger partial charge on any atom is -0.480 e. The number of carbonyl (C=O) groups excluding carboxylic acids is 1. The average molecular weight is 271 g/mol. The van der Waals surface area contributed by atoms with Crippen molar-refractivity contribution in [3.05, 3.63) is 16.6 Å². The molecule has 0 radical (unpaired) electrons. The van der Waals surface area contributed by atoms with E-state index in [9.17, 15) is 9.59 Å². The maximum absolute atomic E-state index is 11.7. The molecule has 18 heavy (non-hydrogen) atoms. The fraction of sp³-hybridized carbons (Fsp3) is 0.545. The van der Waals surface area contributed by atoms with Crippen LogP contribution in [0.15, 0.2) is 11.6 Å². The largest absolute Gasteiger partial charge is 0.480 e. The van der Waals surface area contributed by atoms with Crippen molar-refractivity contribution in [3.8, 4) is 0 Å². The summed E-state index contributed by atoms with van der Waals surface area (Å²) in [6, 6.07) is -1.39. The van der Waals surface area contributed by atoms with Crippen LogP contribution in [0.1, 0.15) is 32.2 Å². The molecule has 2 amide bonds. The summed E-state index contributed by atoms with van der Waals surface area (Å²) >= 11 is 1.43. The van der Waals surface area contributed by atoms with Gasteiger partial charge in [-0.1, -0.05) is 6.92 Å². The normalized spacial score (nSPS) is 12.8. The van der Waals surface area contributed by atoms with E-state index in [-0.39, 0.29) is 0 Å². The number of carboxylic acids is 1. The monoisotopic (exact) mass is 271 g/mol. The summed E-state index contributed by atoms with van der Waals surface area (Å²) in [6.45, 7) is 5.32. The Morgan fingerprint density at radius 3 is 2.67 bits per heavy atom. The third-order valence-corrected chi connectivity index (χ3v) is 3.50. The Balaban J connectivity index is 2.62. The molecule has 1 rings (SSSR count). The van der Waals surface area contributed by atoms with E-state index in [0.29, 0.717) is 6.42 Å². The summed E-state index contributed by atoms with van der Waals surface area (Å²) < 4.78 is 0. The lowest BCUT2D eigenvalue weighted by Crippen LogP contribution is -2.51. The minimum absolute atomic E-state index is 0.334. The fourth-order valence-electron chi connectivity index (χ4n) is 1.40. The Bertz CT molecular complexity index is 417. The van der Waals surface area contributed by atoms with Crippen LogP contribution in [0, 0.1) is 0 Å². The van der Waals surface area contributed by atoms with Gasteiger partial charge in [-0.15, -0.1) is 11.3 Å². The van der Waals surface area contributed by atoms with Crippen molar-refractivity contribution in [1.29, 1.82) is 0 Å². The van der Waals surface area contributed by atoms with E-state index in [4.69, 9.17) is 5.11 Å². The maximum Gasteiger partial charge on any atom is 0.326 e. The van der Waals surface area contributed by atoms with Crippen molar-refractivity contribution in [1.82, 2.24) is 15.6 Å². The molecule has 0 aliphatic carbocycles. The van der Waals surface area contributed by atoms with Crippen LogP contribution in [-0.4, -0.2) is 28.1 Å². The number of thiazole rings is 1. The van der Waals surface area contributed by atoms with Gasteiger partial charge in [-0.2, -0.15) is 0 Å². The second kappa shape index (κ2) is 5.81. The average Bonchev–Trinajstić information content (AvgIpc) is 2.78. The molecule has 6 nitrogen and oxygen atoms in total. The van der Waals surface area contributed by atoms with Crippen LogP contribution in [-0.2, 0) is 10.3 Å². The quantitative estimate of drug-likeness (QED) is 0.757. The summed E-state index contributed by atoms with van der Waals surface area (Å²) in [6.07, 6.45) is 1.99. The highest BCUT2D eigenvalue weighted by molar-refractivity contribution is 7.09. The van der Waals surface area contributed by atoms with Crippen LogP contribution in [0.25, 0.3) is 0 Å². The zero-order chi connectivity index (χ0) is 13.8. The number of hydrogen-bond donors (Lipinski definition) is 3. The molecule has 0 aromatic carbocycles. The van der Waals surface area contributed by atoms with Gasteiger partial charge in [0.25, 0.3) is 0 Å². The number of nitrogens with one attached hydrogen (secondary N) is 2. The van der Waals surface area contributed by atoms with Crippen LogP contribution in [0.4, 0.5) is 4.79 Å². The van der Waals surface area contributed by atoms with E-state index in [0.717, 1.165) is 5.01 Å². The highest BCUT2D eigenvalue weighted by Gasteiger charge is 2.27. The Morgan fingerprint density at radius 2 is 2.22 bits per heavy atom. The SMILES string of the molecule is CCC(NC(=O)NC(C)(C)c1nccs1)C(=O)O. The first kappa shape index (κ1) is 14.4. The molecule has 0 aliphatic heterocycles. The molecule has 0 saturated heterocycles. The lowest BCUT2D eigenvalue weighted by Gasteiger charge is -2.25. The van der Waals surface area contributed by atoms with E-state index < -0.39 is 23.6 Å². The van der Waals surface area contributed by atoms with Gasteiger partial charge in [0.2, 0.25) is 0 Å². The number of aliphatic carboxylic acids is 1. The topological polar surface area (TPSA) is 91.3 Å². The first-order chi connectivity index (χ1) is 8.36. The van der Waals surface area contributed by atoms with E-state index >= 15 is 0 Å². The van der Waals surface area contributed by atoms with Crippen LogP contribution in [0.3, 0.4) is 0 Å². The molecule has 1 heterocycles. The van der Waals surface area contributed by atoms with Gasteiger partial charge in [-0.05, 0) is 20.3 Å². The van der Waals surface area contributed by atoms with E-state index in [1.807, 2.05) is 19.2 Å². The van der Waals surface area contributed by atoms with Crippen molar-refractivity contribution in [2.45, 2.75) is 38.8 Å². The first-order valence-electron chi connectivity index (χ1n) is 5.58. The number of nitrogens with zero attached hydrogens (tertiary/aromatic N) is 1. The highest BCUT2D eigenvalue weighted by atomic mass is 32.1. The molecular weight excluding hydrogens is 254 g/mol. The molecule has 1 atom stereocenters. The zero-order valence-corrected chi connectivity index (χ0v) is 11.4. The van der Waals surface area contributed by atoms with Gasteiger partial charge in [0, 0.05) is 11.6 Å². The summed E-state index contributed by atoms with van der Waals surface area (Å²) in [5.74, 6) is -1.04. The molecule has 0 spiro atoms. The van der Waals surface area contributed by atoms with Gasteiger partial charge in [0.05, 0.1) is 5.54 Å². The van der Waals surface area contributed by atoms with Gasteiger partial charge < -0.3 is 15.7 Å². The van der Waals surface area contributed by atoms with E-state index in [2.05, 4.69) is 15.6 Å². The molecule has 1 unspecified atom stereocenters. The van der Waals surface area contributed by atoms with Crippen molar-refractivity contribution >= 4 is 23.3 Å². The summed E-state index contributed by atoms with van der Waals surface area (Å²) in [4.78, 5) is 26.7. The second-order valence-electron chi connectivity index (χ2n) is 4.36. The Labute approximate surface area is 109 Å². The molecule has 1 aromatic heterocycles. The van der Waals surface area contributed by atoms with Crippen LogP contribution >= 0.6 is 11.3 Å². The standard InChI is InChI=1S/C11H17N3O3S/c1-4-7(8(15)16)13-10(17)14-11(2,3)9-12-5-6-18-9/h5-7H,4H2,1-3H3,(H,15,16)(H2,13,14,17). The molecule has 0 fully saturated rings.